The van der Waals surface area contributed by atoms with Gasteiger partial charge in [0, 0.05) is 76.8 Å². The highest BCUT2D eigenvalue weighted by molar-refractivity contribution is 6.34. The number of piperazine rings is 1. The summed E-state index contributed by atoms with van der Waals surface area (Å²) in [7, 11) is 3.45. The van der Waals surface area contributed by atoms with Gasteiger partial charge in [0.05, 0.1) is 30.6 Å². The number of anilines is 2. The number of ether oxygens (including phenoxy) is 2. The molecule has 4 aromatic rings. The van der Waals surface area contributed by atoms with E-state index in [0.717, 1.165) is 99.4 Å². The highest BCUT2D eigenvalue weighted by Gasteiger charge is 2.25. The van der Waals surface area contributed by atoms with Crippen molar-refractivity contribution >= 4 is 34.1 Å². The molecule has 0 radical (unpaired) electrons. The van der Waals surface area contributed by atoms with Gasteiger partial charge in [-0.15, -0.1) is 0 Å². The lowest BCUT2D eigenvalue weighted by Crippen LogP contribution is -2.47. The highest BCUT2D eigenvalue weighted by atomic mass is 35.5. The Morgan fingerprint density at radius 2 is 1.76 bits per heavy atom. The van der Waals surface area contributed by atoms with Crippen molar-refractivity contribution in [2.24, 2.45) is 0 Å². The fourth-order valence-corrected chi connectivity index (χ4v) is 5.97. The van der Waals surface area contributed by atoms with Gasteiger partial charge in [-0.25, -0.2) is 9.97 Å². The maximum atomic E-state index is 6.66. The Morgan fingerprint density at radius 1 is 0.976 bits per heavy atom. The molecule has 6 rings (SSSR count). The number of pyridine rings is 1. The third-order valence-electron chi connectivity index (χ3n) is 8.14. The van der Waals surface area contributed by atoms with Crippen LogP contribution in [-0.2, 0) is 11.3 Å². The van der Waals surface area contributed by atoms with Crippen LogP contribution >= 0.6 is 11.6 Å². The standard InChI is InChI=1S/C31H38ClN7O2/c1-40-18-17-37-13-15-39(16-14-37)25-7-5-23(6-8-25)30-35-29-28(27(32)19-33-31(29)36-30)34-24-11-12-38(21-24)20-22-3-9-26(41-2)10-4-22/h3-10,19,24H,11-18,20-21H2,1-2H3,(H2,33,34,35,36)/t24-/m0/s1. The minimum atomic E-state index is 0.283. The molecule has 10 heteroatoms. The summed E-state index contributed by atoms with van der Waals surface area (Å²) >= 11 is 6.66. The minimum absolute atomic E-state index is 0.283. The van der Waals surface area contributed by atoms with Gasteiger partial charge in [0.25, 0.3) is 0 Å². The SMILES string of the molecule is COCCN1CCN(c2ccc(-c3nc4c(N[C@H]5CCN(Cc6ccc(OC)cc6)C5)c(Cl)cnc4[nH]3)cc2)CC1. The second kappa shape index (κ2) is 12.7. The number of halogens is 1. The van der Waals surface area contributed by atoms with Gasteiger partial charge in [0.15, 0.2) is 5.65 Å². The Balaban J connectivity index is 1.11. The number of methoxy groups -OCH3 is 2. The molecule has 41 heavy (non-hydrogen) atoms. The van der Waals surface area contributed by atoms with Crippen LogP contribution in [-0.4, -0.2) is 97.4 Å². The Labute approximate surface area is 246 Å². The first-order valence-corrected chi connectivity index (χ1v) is 14.7. The summed E-state index contributed by atoms with van der Waals surface area (Å²) in [6.45, 7) is 8.79. The van der Waals surface area contributed by atoms with Crippen molar-refractivity contribution in [3.8, 4) is 17.1 Å². The maximum absolute atomic E-state index is 6.66. The molecule has 0 spiro atoms. The first-order valence-electron chi connectivity index (χ1n) is 14.3. The van der Waals surface area contributed by atoms with Crippen molar-refractivity contribution in [3.05, 3.63) is 65.3 Å². The van der Waals surface area contributed by atoms with Gasteiger partial charge in [-0.1, -0.05) is 23.7 Å². The van der Waals surface area contributed by atoms with E-state index in [4.69, 9.17) is 26.1 Å². The normalized spacial score (nSPS) is 18.3. The van der Waals surface area contributed by atoms with Gasteiger partial charge < -0.3 is 24.7 Å². The van der Waals surface area contributed by atoms with Gasteiger partial charge in [-0.05, 0) is 48.4 Å². The summed E-state index contributed by atoms with van der Waals surface area (Å²) in [5.41, 5.74) is 5.90. The Bertz CT molecular complexity index is 1440. The van der Waals surface area contributed by atoms with Gasteiger partial charge >= 0.3 is 0 Å². The monoisotopic (exact) mass is 575 g/mol. The predicted octanol–water partition coefficient (Wildman–Crippen LogP) is 4.74. The van der Waals surface area contributed by atoms with Crippen molar-refractivity contribution in [1.29, 1.82) is 0 Å². The van der Waals surface area contributed by atoms with Crippen molar-refractivity contribution in [2.45, 2.75) is 19.0 Å². The summed E-state index contributed by atoms with van der Waals surface area (Å²) in [6.07, 6.45) is 2.74. The molecule has 0 aliphatic carbocycles. The molecule has 2 aromatic carbocycles. The summed E-state index contributed by atoms with van der Waals surface area (Å²) in [4.78, 5) is 20.2. The lowest BCUT2D eigenvalue weighted by molar-refractivity contribution is 0.144. The van der Waals surface area contributed by atoms with Crippen LogP contribution in [0.15, 0.2) is 54.7 Å². The fourth-order valence-electron chi connectivity index (χ4n) is 5.77. The van der Waals surface area contributed by atoms with E-state index in [1.807, 2.05) is 12.1 Å². The van der Waals surface area contributed by atoms with Crippen LogP contribution in [0.3, 0.4) is 0 Å². The molecule has 1 atom stereocenters. The van der Waals surface area contributed by atoms with E-state index in [1.165, 1.54) is 11.3 Å². The number of rotatable bonds is 10. The lowest BCUT2D eigenvalue weighted by Gasteiger charge is -2.36. The number of likely N-dealkylation sites (tertiary alicyclic amines) is 1. The second-order valence-corrected chi connectivity index (χ2v) is 11.3. The van der Waals surface area contributed by atoms with E-state index in [0.29, 0.717) is 5.02 Å². The largest absolute Gasteiger partial charge is 0.497 e. The zero-order valence-electron chi connectivity index (χ0n) is 23.8. The van der Waals surface area contributed by atoms with Crippen molar-refractivity contribution in [1.82, 2.24) is 24.8 Å². The molecule has 216 valence electrons. The molecule has 2 aromatic heterocycles. The minimum Gasteiger partial charge on any atom is -0.497 e. The lowest BCUT2D eigenvalue weighted by atomic mass is 10.1. The number of nitrogens with one attached hydrogen (secondary N) is 2. The third-order valence-corrected chi connectivity index (χ3v) is 8.43. The molecule has 2 aliphatic rings. The number of H-pyrrole nitrogens is 1. The van der Waals surface area contributed by atoms with Crippen molar-refractivity contribution in [3.63, 3.8) is 0 Å². The molecule has 2 N–H and O–H groups in total. The Morgan fingerprint density at radius 3 is 2.49 bits per heavy atom. The molecule has 4 heterocycles. The van der Waals surface area contributed by atoms with Crippen molar-refractivity contribution < 1.29 is 9.47 Å². The first kappa shape index (κ1) is 27.8. The Kier molecular flexibility index (Phi) is 8.57. The van der Waals surface area contributed by atoms with Crippen LogP contribution in [0.2, 0.25) is 5.02 Å². The highest BCUT2D eigenvalue weighted by Crippen LogP contribution is 2.33. The number of aromatic nitrogens is 3. The Hall–Kier alpha value is -3.37. The number of hydrogen-bond donors (Lipinski definition) is 2. The van der Waals surface area contributed by atoms with Gasteiger partial charge in [0.2, 0.25) is 0 Å². The van der Waals surface area contributed by atoms with E-state index in [2.05, 4.69) is 66.4 Å². The number of fused-ring (bicyclic) bond motifs is 1. The number of imidazole rings is 1. The second-order valence-electron chi connectivity index (χ2n) is 10.8. The van der Waals surface area contributed by atoms with Crippen LogP contribution < -0.4 is 15.0 Å². The fraction of sp³-hybridized carbons (Fsp3) is 0.419. The average Bonchev–Trinajstić information content (AvgIpc) is 3.65. The number of nitrogens with zero attached hydrogens (tertiary/aromatic N) is 5. The van der Waals surface area contributed by atoms with E-state index in [1.54, 1.807) is 20.4 Å². The average molecular weight is 576 g/mol. The molecule has 0 amide bonds. The molecule has 2 fully saturated rings. The summed E-state index contributed by atoms with van der Waals surface area (Å²) in [5.74, 6) is 1.68. The van der Waals surface area contributed by atoms with Gasteiger partial charge in [-0.2, -0.15) is 0 Å². The zero-order chi connectivity index (χ0) is 28.2. The molecule has 9 nitrogen and oxygen atoms in total. The summed E-state index contributed by atoms with van der Waals surface area (Å²) < 4.78 is 10.5. The number of hydrogen-bond acceptors (Lipinski definition) is 8. The zero-order valence-corrected chi connectivity index (χ0v) is 24.5. The first-order chi connectivity index (χ1) is 20.1. The van der Waals surface area contributed by atoms with E-state index in [-0.39, 0.29) is 6.04 Å². The van der Waals surface area contributed by atoms with E-state index < -0.39 is 0 Å². The molecular weight excluding hydrogens is 538 g/mol. The van der Waals surface area contributed by atoms with Crippen LogP contribution in [0, 0.1) is 0 Å². The predicted molar refractivity (Wildman–Crippen MR) is 165 cm³/mol. The molecular formula is C31H38ClN7O2. The summed E-state index contributed by atoms with van der Waals surface area (Å²) in [5, 5.41) is 4.27. The third kappa shape index (κ3) is 6.43. The molecule has 0 unspecified atom stereocenters. The van der Waals surface area contributed by atoms with Gasteiger partial charge in [0.1, 0.15) is 17.1 Å². The van der Waals surface area contributed by atoms with Gasteiger partial charge in [-0.3, -0.25) is 9.80 Å². The van der Waals surface area contributed by atoms with Crippen molar-refractivity contribution in [2.75, 3.05) is 76.9 Å². The van der Waals surface area contributed by atoms with E-state index in [9.17, 15) is 0 Å². The van der Waals surface area contributed by atoms with Crippen LogP contribution in [0.25, 0.3) is 22.6 Å². The summed E-state index contributed by atoms with van der Waals surface area (Å²) in [6, 6.07) is 17.2. The van der Waals surface area contributed by atoms with Crippen LogP contribution in [0.1, 0.15) is 12.0 Å². The molecule has 0 bridgehead atoms. The molecule has 2 saturated heterocycles. The maximum Gasteiger partial charge on any atom is 0.159 e. The topological polar surface area (TPSA) is 81.8 Å². The smallest absolute Gasteiger partial charge is 0.159 e. The van der Waals surface area contributed by atoms with Crippen LogP contribution in [0.5, 0.6) is 5.75 Å². The molecule has 0 saturated carbocycles. The van der Waals surface area contributed by atoms with Crippen LogP contribution in [0.4, 0.5) is 11.4 Å². The van der Waals surface area contributed by atoms with E-state index >= 15 is 0 Å². The number of benzene rings is 2. The number of aromatic amines is 1. The quantitative estimate of drug-likeness (QED) is 0.281. The molecule has 2 aliphatic heterocycles.